The van der Waals surface area contributed by atoms with Crippen LogP contribution in [0, 0.1) is 10.1 Å². The third-order valence-corrected chi connectivity index (χ3v) is 3.31. The molecule has 0 fully saturated rings. The number of hydrogen-bond acceptors (Lipinski definition) is 2. The van der Waals surface area contributed by atoms with Crippen molar-refractivity contribution < 1.29 is 4.92 Å². The average molecular weight is 297 g/mol. The van der Waals surface area contributed by atoms with E-state index in [1.165, 1.54) is 6.07 Å². The van der Waals surface area contributed by atoms with Crippen LogP contribution in [0.1, 0.15) is 31.2 Å². The molecule has 94 valence electrons. The first-order chi connectivity index (χ1) is 7.91. The van der Waals surface area contributed by atoms with Crippen molar-refractivity contribution in [1.29, 1.82) is 0 Å². The van der Waals surface area contributed by atoms with E-state index in [4.69, 9.17) is 34.8 Å². The first kappa shape index (κ1) is 14.6. The minimum Gasteiger partial charge on any atom is -0.258 e. The van der Waals surface area contributed by atoms with Crippen LogP contribution in [0.3, 0.4) is 0 Å². The number of alkyl halides is 2. The summed E-state index contributed by atoms with van der Waals surface area (Å²) in [7, 11) is 0. The highest BCUT2D eigenvalue weighted by Gasteiger charge is 2.16. The van der Waals surface area contributed by atoms with Crippen LogP contribution in [0.15, 0.2) is 18.2 Å². The highest BCUT2D eigenvalue weighted by Crippen LogP contribution is 2.30. The van der Waals surface area contributed by atoms with Crippen molar-refractivity contribution in [2.75, 3.05) is 0 Å². The maximum Gasteiger partial charge on any atom is 0.288 e. The van der Waals surface area contributed by atoms with Gasteiger partial charge in [-0.1, -0.05) is 24.6 Å². The summed E-state index contributed by atoms with van der Waals surface area (Å²) in [6.07, 6.45) is 1.43. The summed E-state index contributed by atoms with van der Waals surface area (Å²) in [5.41, 5.74) is 0.805. The average Bonchev–Trinajstić information content (AvgIpc) is 2.26. The molecule has 0 spiro atoms. The zero-order valence-corrected chi connectivity index (χ0v) is 11.5. The lowest BCUT2D eigenvalue weighted by molar-refractivity contribution is -0.384. The normalized spacial score (nSPS) is 12.8. The minimum atomic E-state index is -0.482. The van der Waals surface area contributed by atoms with Gasteiger partial charge < -0.3 is 0 Å². The first-order valence-electron chi connectivity index (χ1n) is 5.13. The fraction of sp³-hybridized carbons (Fsp3) is 0.455. The maximum atomic E-state index is 10.7. The second-order valence-corrected chi connectivity index (χ2v) is 5.52. The van der Waals surface area contributed by atoms with Gasteiger partial charge in [0.25, 0.3) is 5.69 Å². The number of hydrogen-bond donors (Lipinski definition) is 0. The van der Waals surface area contributed by atoms with Crippen molar-refractivity contribution in [3.63, 3.8) is 0 Å². The van der Waals surface area contributed by atoms with E-state index in [-0.39, 0.29) is 16.6 Å². The van der Waals surface area contributed by atoms with Gasteiger partial charge in [0.1, 0.15) is 9.86 Å². The summed E-state index contributed by atoms with van der Waals surface area (Å²) in [5, 5.41) is 10.9. The molecule has 0 aliphatic rings. The van der Waals surface area contributed by atoms with Crippen molar-refractivity contribution in [3.05, 3.63) is 38.9 Å². The van der Waals surface area contributed by atoms with Crippen LogP contribution in [-0.2, 0) is 0 Å². The van der Waals surface area contributed by atoms with E-state index < -0.39 is 9.76 Å². The summed E-state index contributed by atoms with van der Waals surface area (Å²) in [5.74, 6) is 0.158. The number of halogens is 3. The molecule has 0 amide bonds. The smallest absolute Gasteiger partial charge is 0.258 e. The fourth-order valence-corrected chi connectivity index (χ4v) is 1.96. The first-order valence-corrected chi connectivity index (χ1v) is 6.39. The summed E-state index contributed by atoms with van der Waals surface area (Å²) in [6.45, 7) is 1.98. The zero-order chi connectivity index (χ0) is 13.0. The van der Waals surface area contributed by atoms with Crippen LogP contribution in [0.25, 0.3) is 0 Å². The standard InChI is InChI=1S/C11H12Cl3NO2/c1-7(2-5-11(13)14)8-3-4-9(12)10(6-8)15(16)17/h3-4,6-7,11H,2,5H2,1H3. The topological polar surface area (TPSA) is 43.1 Å². The Morgan fingerprint density at radius 1 is 1.35 bits per heavy atom. The van der Waals surface area contributed by atoms with E-state index in [9.17, 15) is 10.1 Å². The van der Waals surface area contributed by atoms with Gasteiger partial charge in [-0.3, -0.25) is 10.1 Å². The third-order valence-electron chi connectivity index (χ3n) is 2.55. The molecule has 17 heavy (non-hydrogen) atoms. The SMILES string of the molecule is CC(CCC(Cl)Cl)c1ccc(Cl)c([N+](=O)[O-])c1. The Kier molecular flexibility index (Phi) is 5.50. The zero-order valence-electron chi connectivity index (χ0n) is 9.20. The monoisotopic (exact) mass is 295 g/mol. The van der Waals surface area contributed by atoms with E-state index in [0.717, 1.165) is 12.0 Å². The highest BCUT2D eigenvalue weighted by atomic mass is 35.5. The van der Waals surface area contributed by atoms with Gasteiger partial charge in [0, 0.05) is 6.07 Å². The van der Waals surface area contributed by atoms with Gasteiger partial charge in [-0.25, -0.2) is 0 Å². The Labute approximate surface area is 115 Å². The van der Waals surface area contributed by atoms with Crippen LogP contribution >= 0.6 is 34.8 Å². The van der Waals surface area contributed by atoms with Crippen LogP contribution in [0.5, 0.6) is 0 Å². The van der Waals surface area contributed by atoms with Gasteiger partial charge >= 0.3 is 0 Å². The minimum absolute atomic E-state index is 0.0655. The van der Waals surface area contributed by atoms with E-state index in [1.807, 2.05) is 6.92 Å². The van der Waals surface area contributed by atoms with Gasteiger partial charge in [-0.05, 0) is 30.4 Å². The molecule has 0 bridgehead atoms. The molecule has 1 unspecified atom stereocenters. The third kappa shape index (κ3) is 4.34. The quantitative estimate of drug-likeness (QED) is 0.439. The Balaban J connectivity index is 2.84. The van der Waals surface area contributed by atoms with Gasteiger partial charge in [-0.2, -0.15) is 0 Å². The molecule has 0 saturated heterocycles. The summed E-state index contributed by atoms with van der Waals surface area (Å²) < 4.78 is 0. The molecule has 0 heterocycles. The lowest BCUT2D eigenvalue weighted by Gasteiger charge is -2.12. The molecule has 1 aromatic rings. The van der Waals surface area contributed by atoms with Gasteiger partial charge in [0.05, 0.1) is 4.92 Å². The lowest BCUT2D eigenvalue weighted by Crippen LogP contribution is -1.98. The molecular formula is C11H12Cl3NO2. The molecule has 0 aliphatic carbocycles. The highest BCUT2D eigenvalue weighted by molar-refractivity contribution is 6.44. The Morgan fingerprint density at radius 2 is 2.00 bits per heavy atom. The predicted octanol–water partition coefficient (Wildman–Crippen LogP) is 4.94. The number of nitro benzene ring substituents is 1. The van der Waals surface area contributed by atoms with Gasteiger partial charge in [0.15, 0.2) is 0 Å². The molecule has 1 atom stereocenters. The van der Waals surface area contributed by atoms with E-state index in [0.29, 0.717) is 6.42 Å². The fourth-order valence-electron chi connectivity index (χ4n) is 1.52. The predicted molar refractivity (Wildman–Crippen MR) is 71.2 cm³/mol. The van der Waals surface area contributed by atoms with Gasteiger partial charge in [0.2, 0.25) is 0 Å². The second-order valence-electron chi connectivity index (χ2n) is 3.84. The van der Waals surface area contributed by atoms with Crippen LogP contribution in [0.2, 0.25) is 5.02 Å². The molecule has 0 aliphatic heterocycles. The van der Waals surface area contributed by atoms with E-state index in [1.54, 1.807) is 12.1 Å². The number of nitro groups is 1. The summed E-state index contributed by atoms with van der Waals surface area (Å²) in [4.78, 5) is 9.86. The summed E-state index contributed by atoms with van der Waals surface area (Å²) >= 11 is 17.0. The lowest BCUT2D eigenvalue weighted by atomic mass is 9.96. The Bertz CT molecular complexity index is 410. The second kappa shape index (κ2) is 6.43. The molecule has 1 aromatic carbocycles. The molecule has 1 rings (SSSR count). The molecule has 6 heteroatoms. The van der Waals surface area contributed by atoms with Crippen LogP contribution in [-0.4, -0.2) is 9.76 Å². The molecule has 0 saturated carbocycles. The largest absolute Gasteiger partial charge is 0.288 e. The molecular weight excluding hydrogens is 284 g/mol. The maximum absolute atomic E-state index is 10.7. The van der Waals surface area contributed by atoms with Crippen molar-refractivity contribution in [3.8, 4) is 0 Å². The Hall–Kier alpha value is -0.510. The van der Waals surface area contributed by atoms with Crippen LogP contribution < -0.4 is 0 Å². The molecule has 0 N–H and O–H groups in total. The summed E-state index contributed by atoms with van der Waals surface area (Å²) in [6, 6.07) is 4.84. The molecule has 3 nitrogen and oxygen atoms in total. The molecule has 0 aromatic heterocycles. The number of nitrogens with zero attached hydrogens (tertiary/aromatic N) is 1. The molecule has 0 radical (unpaired) electrons. The Morgan fingerprint density at radius 3 is 2.53 bits per heavy atom. The number of rotatable bonds is 5. The van der Waals surface area contributed by atoms with Crippen molar-refractivity contribution in [2.45, 2.75) is 30.5 Å². The van der Waals surface area contributed by atoms with E-state index in [2.05, 4.69) is 0 Å². The van der Waals surface area contributed by atoms with Crippen LogP contribution in [0.4, 0.5) is 5.69 Å². The van der Waals surface area contributed by atoms with Crippen molar-refractivity contribution in [2.24, 2.45) is 0 Å². The van der Waals surface area contributed by atoms with Crippen molar-refractivity contribution >= 4 is 40.5 Å². The van der Waals surface area contributed by atoms with Crippen molar-refractivity contribution in [1.82, 2.24) is 0 Å². The van der Waals surface area contributed by atoms with E-state index >= 15 is 0 Å². The van der Waals surface area contributed by atoms with Gasteiger partial charge in [-0.15, -0.1) is 23.2 Å². The number of benzene rings is 1.